The Labute approximate surface area is 138 Å². The van der Waals surface area contributed by atoms with Gasteiger partial charge < -0.3 is 10.0 Å². The minimum absolute atomic E-state index is 0.177. The molecular formula is C15H28N3O3S+. The van der Waals surface area contributed by atoms with Crippen molar-refractivity contribution in [3.8, 4) is 0 Å². The fraction of sp³-hybridized carbons (Fsp3) is 0.867. The van der Waals surface area contributed by atoms with Crippen LogP contribution in [-0.4, -0.2) is 89.0 Å². The Kier molecular flexibility index (Phi) is 5.53. The number of rotatable bonds is 3. The molecule has 0 saturated carbocycles. The van der Waals surface area contributed by atoms with Gasteiger partial charge in [0.2, 0.25) is 0 Å². The fourth-order valence-electron chi connectivity index (χ4n) is 3.75. The third-order valence-corrected chi connectivity index (χ3v) is 5.90. The minimum Gasteiger partial charge on any atom is -0.435 e. The second-order valence-electron chi connectivity index (χ2n) is 6.83. The molecule has 0 aromatic carbocycles. The van der Waals surface area contributed by atoms with Crippen LogP contribution in [0.15, 0.2) is 0 Å². The highest BCUT2D eigenvalue weighted by Gasteiger charge is 2.58. The van der Waals surface area contributed by atoms with Crippen LogP contribution in [0.5, 0.6) is 0 Å². The Morgan fingerprint density at radius 2 is 1.91 bits per heavy atom. The van der Waals surface area contributed by atoms with Gasteiger partial charge in [-0.1, -0.05) is 0 Å². The maximum atomic E-state index is 12.7. The van der Waals surface area contributed by atoms with Gasteiger partial charge in [0.15, 0.2) is 0 Å². The van der Waals surface area contributed by atoms with E-state index >= 15 is 0 Å². The smallest absolute Gasteiger partial charge is 0.435 e. The van der Waals surface area contributed by atoms with Crippen LogP contribution >= 0.6 is 12.6 Å². The lowest BCUT2D eigenvalue weighted by molar-refractivity contribution is -0.794. The van der Waals surface area contributed by atoms with Crippen LogP contribution in [-0.2, 0) is 4.79 Å². The number of hydrogen-bond acceptors (Lipinski definition) is 5. The second-order valence-corrected chi connectivity index (χ2v) is 7.20. The number of hydrogen-bond donors (Lipinski definition) is 2. The van der Waals surface area contributed by atoms with E-state index in [1.54, 1.807) is 6.92 Å². The van der Waals surface area contributed by atoms with Crippen LogP contribution < -0.4 is 0 Å². The number of carbonyl (C=O) groups excluding carboxylic acids is 1. The number of thiol groups is 1. The molecule has 0 spiro atoms. The van der Waals surface area contributed by atoms with Gasteiger partial charge in [-0.15, -0.1) is 0 Å². The van der Waals surface area contributed by atoms with Crippen molar-refractivity contribution in [2.75, 3.05) is 45.5 Å². The molecule has 2 rings (SSSR count). The molecule has 22 heavy (non-hydrogen) atoms. The maximum Gasteiger partial charge on any atom is 0.521 e. The van der Waals surface area contributed by atoms with E-state index in [4.69, 9.17) is 0 Å². The van der Waals surface area contributed by atoms with Crippen LogP contribution in [0, 0.1) is 5.92 Å². The molecule has 2 saturated heterocycles. The Morgan fingerprint density at radius 3 is 2.41 bits per heavy atom. The van der Waals surface area contributed by atoms with Crippen molar-refractivity contribution < 1.29 is 19.2 Å². The van der Waals surface area contributed by atoms with Crippen molar-refractivity contribution >= 4 is 24.6 Å². The van der Waals surface area contributed by atoms with E-state index in [-0.39, 0.29) is 23.9 Å². The molecule has 1 unspecified atom stereocenters. The summed E-state index contributed by atoms with van der Waals surface area (Å²) in [6.07, 6.45) is -0.246. The zero-order valence-corrected chi connectivity index (χ0v) is 14.6. The average molecular weight is 330 g/mol. The van der Waals surface area contributed by atoms with Crippen LogP contribution in [0.2, 0.25) is 0 Å². The SMILES string of the molecule is CC(CS)C(=O)[N@+]1(C(=O)O)C[C@@H](N2CCN(C)CC2)C[C@H]1C. The highest BCUT2D eigenvalue weighted by atomic mass is 32.1. The summed E-state index contributed by atoms with van der Waals surface area (Å²) in [4.78, 5) is 29.4. The molecular weight excluding hydrogens is 302 g/mol. The van der Waals surface area contributed by atoms with Crippen LogP contribution in [0.1, 0.15) is 20.3 Å². The molecule has 126 valence electrons. The summed E-state index contributed by atoms with van der Waals surface area (Å²) in [5.74, 6) is -0.155. The lowest BCUT2D eigenvalue weighted by atomic mass is 10.1. The van der Waals surface area contributed by atoms with Gasteiger partial charge in [0.05, 0.1) is 12.0 Å². The van der Waals surface area contributed by atoms with E-state index in [1.807, 2.05) is 6.92 Å². The number of imide groups is 1. The molecule has 0 aliphatic carbocycles. The van der Waals surface area contributed by atoms with Crippen LogP contribution in [0.4, 0.5) is 4.79 Å². The third kappa shape index (κ3) is 3.04. The van der Waals surface area contributed by atoms with Gasteiger partial charge in [-0.3, -0.25) is 4.90 Å². The Hall–Kier alpha value is -0.630. The quantitative estimate of drug-likeness (QED) is 0.597. The number of likely N-dealkylation sites (tertiary alicyclic amines) is 1. The molecule has 2 amide bonds. The van der Waals surface area contributed by atoms with Crippen molar-refractivity contribution in [3.63, 3.8) is 0 Å². The number of carboxylic acid groups (broad SMARTS) is 1. The van der Waals surface area contributed by atoms with Crippen molar-refractivity contribution in [3.05, 3.63) is 0 Å². The highest BCUT2D eigenvalue weighted by molar-refractivity contribution is 7.80. The number of nitrogens with zero attached hydrogens (tertiary/aromatic N) is 3. The molecule has 2 heterocycles. The predicted octanol–water partition coefficient (Wildman–Crippen LogP) is 0.982. The summed E-state index contributed by atoms with van der Waals surface area (Å²) < 4.78 is -0.432. The van der Waals surface area contributed by atoms with Gasteiger partial charge in [-0.05, 0) is 20.9 Å². The van der Waals surface area contributed by atoms with Gasteiger partial charge in [0.1, 0.15) is 12.6 Å². The lowest BCUT2D eigenvalue weighted by Gasteiger charge is -2.36. The van der Waals surface area contributed by atoms with E-state index in [9.17, 15) is 14.7 Å². The molecule has 7 heteroatoms. The first-order valence-corrected chi connectivity index (χ1v) is 8.65. The van der Waals surface area contributed by atoms with Crippen LogP contribution in [0.3, 0.4) is 0 Å². The normalized spacial score (nSPS) is 35.5. The first-order valence-electron chi connectivity index (χ1n) is 8.02. The summed E-state index contributed by atoms with van der Waals surface area (Å²) in [5, 5.41) is 9.81. The number of likely N-dealkylation sites (N-methyl/N-ethyl adjacent to an activating group) is 1. The summed E-state index contributed by atoms with van der Waals surface area (Å²) >= 11 is 4.18. The topological polar surface area (TPSA) is 60.9 Å². The summed E-state index contributed by atoms with van der Waals surface area (Å²) in [6.45, 7) is 7.95. The largest absolute Gasteiger partial charge is 0.521 e. The van der Waals surface area contributed by atoms with Gasteiger partial charge in [0, 0.05) is 38.4 Å². The van der Waals surface area contributed by atoms with Gasteiger partial charge in [0.25, 0.3) is 0 Å². The molecule has 0 radical (unpaired) electrons. The molecule has 6 nitrogen and oxygen atoms in total. The number of carbonyl (C=O) groups is 2. The maximum absolute atomic E-state index is 12.7. The zero-order chi connectivity index (χ0) is 16.5. The first-order chi connectivity index (χ1) is 10.3. The zero-order valence-electron chi connectivity index (χ0n) is 13.7. The van der Waals surface area contributed by atoms with E-state index in [0.717, 1.165) is 32.6 Å². The van der Waals surface area contributed by atoms with Crippen molar-refractivity contribution in [2.45, 2.75) is 32.4 Å². The van der Waals surface area contributed by atoms with Gasteiger partial charge in [-0.25, -0.2) is 4.79 Å². The van der Waals surface area contributed by atoms with Gasteiger partial charge in [-0.2, -0.15) is 21.9 Å². The fourth-order valence-corrected chi connectivity index (χ4v) is 3.91. The second kappa shape index (κ2) is 6.86. The first kappa shape index (κ1) is 17.7. The summed E-state index contributed by atoms with van der Waals surface area (Å²) in [6, 6.07) is -0.00661. The number of amides is 2. The van der Waals surface area contributed by atoms with E-state index in [2.05, 4.69) is 29.5 Å². The van der Waals surface area contributed by atoms with E-state index < -0.39 is 10.6 Å². The molecule has 0 bridgehead atoms. The monoisotopic (exact) mass is 330 g/mol. The predicted molar refractivity (Wildman–Crippen MR) is 88.1 cm³/mol. The molecule has 2 aliphatic rings. The third-order valence-electron chi connectivity index (χ3n) is 5.35. The molecule has 2 fully saturated rings. The molecule has 1 N–H and O–H groups in total. The minimum atomic E-state index is -1.01. The van der Waals surface area contributed by atoms with Crippen LogP contribution in [0.25, 0.3) is 0 Å². The highest BCUT2D eigenvalue weighted by Crippen LogP contribution is 2.33. The standard InChI is InChI=1S/C15H27N3O3S/c1-11(10-22)14(19)18(15(20)21)9-13(8-12(18)2)17-6-4-16(3)5-7-17/h11-13H,4-10H2,1-3H3,(H-,20,21,22)/p+1/t11?,12-,13+,18+/m1/s1. The van der Waals surface area contributed by atoms with E-state index in [0.29, 0.717) is 12.3 Å². The van der Waals surface area contributed by atoms with Crippen molar-refractivity contribution in [1.29, 1.82) is 0 Å². The number of piperazine rings is 1. The van der Waals surface area contributed by atoms with Gasteiger partial charge >= 0.3 is 12.0 Å². The molecule has 4 atom stereocenters. The van der Waals surface area contributed by atoms with Crippen molar-refractivity contribution in [2.24, 2.45) is 5.92 Å². The summed E-state index contributed by atoms with van der Waals surface area (Å²) in [7, 11) is 2.10. The van der Waals surface area contributed by atoms with Crippen molar-refractivity contribution in [1.82, 2.24) is 9.80 Å². The lowest BCUT2D eigenvalue weighted by Crippen LogP contribution is -2.61. The average Bonchev–Trinajstić information content (AvgIpc) is 2.85. The summed E-state index contributed by atoms with van der Waals surface area (Å²) in [5.41, 5.74) is 0. The van der Waals surface area contributed by atoms with E-state index in [1.165, 1.54) is 0 Å². The molecule has 0 aromatic rings. The Morgan fingerprint density at radius 1 is 1.32 bits per heavy atom. The Bertz CT molecular complexity index is 440. The molecule has 0 aromatic heterocycles. The molecule has 2 aliphatic heterocycles. The number of quaternary nitrogens is 1. The Balaban J connectivity index is 2.18.